The van der Waals surface area contributed by atoms with E-state index in [1.54, 1.807) is 0 Å². The highest BCUT2D eigenvalue weighted by molar-refractivity contribution is 6.20. The fourth-order valence-electron chi connectivity index (χ4n) is 8.16. The Morgan fingerprint density at radius 1 is 0.479 bits per heavy atom. The quantitative estimate of drug-likeness (QED) is 0.186. The van der Waals surface area contributed by atoms with E-state index in [1.807, 2.05) is 48.8 Å². The van der Waals surface area contributed by atoms with Crippen LogP contribution >= 0.6 is 0 Å². The predicted octanol–water partition coefficient (Wildman–Crippen LogP) is 10.9. The molecular weight excluding hydrogens is 585 g/mol. The largest absolute Gasteiger partial charge is 0.309 e. The van der Waals surface area contributed by atoms with Gasteiger partial charge in [0.1, 0.15) is 0 Å². The molecule has 0 aliphatic heterocycles. The zero-order valence-electron chi connectivity index (χ0n) is 26.6. The van der Waals surface area contributed by atoms with Gasteiger partial charge in [0.05, 0.1) is 39.5 Å². The van der Waals surface area contributed by atoms with E-state index < -0.39 is 0 Å². The molecule has 4 heteroatoms. The van der Waals surface area contributed by atoms with Gasteiger partial charge in [-0.1, -0.05) is 92.7 Å². The molecule has 0 N–H and O–H groups in total. The Bertz CT molecular complexity index is 2680. The van der Waals surface area contributed by atoms with Crippen LogP contribution in [0.4, 0.5) is 0 Å². The smallest absolute Gasteiger partial charge is 0.0915 e. The Labute approximate surface area is 278 Å². The highest BCUT2D eigenvalue weighted by Crippen LogP contribution is 2.56. The lowest BCUT2D eigenvalue weighted by Gasteiger charge is -2.24. The zero-order valence-corrected chi connectivity index (χ0v) is 26.6. The van der Waals surface area contributed by atoms with Gasteiger partial charge in [-0.05, 0) is 98.4 Å². The van der Waals surface area contributed by atoms with E-state index in [4.69, 9.17) is 4.98 Å². The average molecular weight is 615 g/mol. The molecule has 0 unspecified atom stereocenters. The van der Waals surface area contributed by atoms with Crippen LogP contribution in [0.15, 0.2) is 146 Å². The van der Waals surface area contributed by atoms with E-state index in [-0.39, 0.29) is 5.41 Å². The number of benzene rings is 5. The van der Waals surface area contributed by atoms with Gasteiger partial charge >= 0.3 is 0 Å². The highest BCUT2D eigenvalue weighted by Gasteiger charge is 2.39. The van der Waals surface area contributed by atoms with Crippen molar-refractivity contribution in [2.24, 2.45) is 0 Å². The van der Waals surface area contributed by atoms with Gasteiger partial charge in [0.25, 0.3) is 0 Å². The van der Waals surface area contributed by atoms with E-state index in [1.165, 1.54) is 60.1 Å². The number of fused-ring (bicyclic) bond motifs is 11. The molecule has 0 saturated carbocycles. The maximum atomic E-state index is 5.07. The predicted molar refractivity (Wildman–Crippen MR) is 198 cm³/mol. The molecule has 0 fully saturated rings. The van der Waals surface area contributed by atoms with E-state index in [0.29, 0.717) is 0 Å². The summed E-state index contributed by atoms with van der Waals surface area (Å²) >= 11 is 0. The Balaban J connectivity index is 1.31. The summed E-state index contributed by atoms with van der Waals surface area (Å²) in [5.74, 6) is 0. The van der Waals surface area contributed by atoms with Crippen LogP contribution in [0.5, 0.6) is 0 Å². The maximum Gasteiger partial charge on any atom is 0.0915 e. The SMILES string of the molecule is CC1(C)c2cc3c(cc2-c2c1c1ccccc1c1ccccc21)c1ccccc1n3-c1cc(-c2ccccn2)nc(-c2ccccn2)c1. The molecule has 4 heterocycles. The molecule has 0 bridgehead atoms. The molecular formula is C44H30N4. The van der Waals surface area contributed by atoms with E-state index >= 15 is 0 Å². The van der Waals surface area contributed by atoms with E-state index in [0.717, 1.165) is 34.0 Å². The second-order valence-corrected chi connectivity index (χ2v) is 13.3. The number of hydrogen-bond donors (Lipinski definition) is 0. The van der Waals surface area contributed by atoms with Gasteiger partial charge in [0, 0.05) is 28.6 Å². The molecule has 5 aromatic carbocycles. The van der Waals surface area contributed by atoms with Gasteiger partial charge in [0.2, 0.25) is 0 Å². The summed E-state index contributed by atoms with van der Waals surface area (Å²) in [6.07, 6.45) is 3.64. The highest BCUT2D eigenvalue weighted by atomic mass is 15.0. The number of pyridine rings is 3. The summed E-state index contributed by atoms with van der Waals surface area (Å²) < 4.78 is 2.40. The standard InChI is InChI=1S/C44H30N4/c1-44(2)35-26-41-33(25-34(35)42-31-16-5-3-13-28(31)29-14-4-6-17-32(29)43(42)44)30-15-7-8-20-40(30)48(41)27-23-38(36-18-9-11-21-45-36)47-39(24-27)37-19-10-12-22-46-37/h3-26H,1-2H3. The molecule has 48 heavy (non-hydrogen) atoms. The monoisotopic (exact) mass is 614 g/mol. The molecule has 0 saturated heterocycles. The summed E-state index contributed by atoms with van der Waals surface area (Å²) in [4.78, 5) is 14.4. The van der Waals surface area contributed by atoms with Gasteiger partial charge < -0.3 is 4.57 Å². The number of nitrogens with zero attached hydrogens (tertiary/aromatic N) is 4. The first-order valence-electron chi connectivity index (χ1n) is 16.5. The molecule has 10 rings (SSSR count). The average Bonchev–Trinajstić information content (AvgIpc) is 3.59. The zero-order chi connectivity index (χ0) is 32.0. The number of aromatic nitrogens is 4. The lowest BCUT2D eigenvalue weighted by Crippen LogP contribution is -2.15. The molecule has 0 atom stereocenters. The fraction of sp³-hybridized carbons (Fsp3) is 0.0682. The number of rotatable bonds is 3. The molecule has 0 amide bonds. The molecule has 0 spiro atoms. The Hall–Kier alpha value is -6.13. The van der Waals surface area contributed by atoms with Gasteiger partial charge in [-0.3, -0.25) is 9.97 Å². The molecule has 1 aliphatic carbocycles. The summed E-state index contributed by atoms with van der Waals surface area (Å²) in [7, 11) is 0. The van der Waals surface area contributed by atoms with Crippen molar-refractivity contribution in [2.45, 2.75) is 19.3 Å². The van der Waals surface area contributed by atoms with Crippen LogP contribution in [0.25, 0.3) is 82.9 Å². The lowest BCUT2D eigenvalue weighted by atomic mass is 9.79. The van der Waals surface area contributed by atoms with Crippen molar-refractivity contribution in [3.63, 3.8) is 0 Å². The van der Waals surface area contributed by atoms with Crippen molar-refractivity contribution < 1.29 is 0 Å². The Morgan fingerprint density at radius 2 is 1.04 bits per heavy atom. The van der Waals surface area contributed by atoms with Crippen LogP contribution < -0.4 is 0 Å². The van der Waals surface area contributed by atoms with Crippen LogP contribution in [0.3, 0.4) is 0 Å². The third-order valence-electron chi connectivity index (χ3n) is 10.2. The Morgan fingerprint density at radius 3 is 1.69 bits per heavy atom. The van der Waals surface area contributed by atoms with Crippen LogP contribution in [-0.2, 0) is 5.41 Å². The lowest BCUT2D eigenvalue weighted by molar-refractivity contribution is 0.667. The van der Waals surface area contributed by atoms with Crippen molar-refractivity contribution in [1.82, 2.24) is 19.5 Å². The van der Waals surface area contributed by atoms with Gasteiger partial charge in [-0.15, -0.1) is 0 Å². The van der Waals surface area contributed by atoms with Crippen LogP contribution in [0, 0.1) is 0 Å². The van der Waals surface area contributed by atoms with Gasteiger partial charge in [-0.25, -0.2) is 4.98 Å². The summed E-state index contributed by atoms with van der Waals surface area (Å²) in [5, 5.41) is 7.73. The van der Waals surface area contributed by atoms with Crippen LogP contribution in [0.2, 0.25) is 0 Å². The van der Waals surface area contributed by atoms with Crippen molar-refractivity contribution in [3.05, 3.63) is 157 Å². The molecule has 4 nitrogen and oxygen atoms in total. The molecule has 0 radical (unpaired) electrons. The van der Waals surface area contributed by atoms with E-state index in [2.05, 4.69) is 125 Å². The summed E-state index contributed by atoms with van der Waals surface area (Å²) in [5.41, 5.74) is 11.9. The third-order valence-corrected chi connectivity index (χ3v) is 10.2. The minimum absolute atomic E-state index is 0.208. The molecule has 9 aromatic rings. The maximum absolute atomic E-state index is 5.07. The second kappa shape index (κ2) is 9.93. The van der Waals surface area contributed by atoms with Gasteiger partial charge in [0.15, 0.2) is 0 Å². The summed E-state index contributed by atoms with van der Waals surface area (Å²) in [6, 6.07) is 47.7. The van der Waals surface area contributed by atoms with E-state index in [9.17, 15) is 0 Å². The van der Waals surface area contributed by atoms with Gasteiger partial charge in [-0.2, -0.15) is 0 Å². The number of hydrogen-bond acceptors (Lipinski definition) is 3. The minimum atomic E-state index is -0.208. The third kappa shape index (κ3) is 3.74. The second-order valence-electron chi connectivity index (χ2n) is 13.3. The Kier molecular flexibility index (Phi) is 5.59. The molecule has 1 aliphatic rings. The first kappa shape index (κ1) is 27.0. The fourth-order valence-corrected chi connectivity index (χ4v) is 8.16. The first-order chi connectivity index (χ1) is 23.6. The van der Waals surface area contributed by atoms with Crippen molar-refractivity contribution in [3.8, 4) is 39.6 Å². The van der Waals surface area contributed by atoms with Crippen LogP contribution in [-0.4, -0.2) is 19.5 Å². The van der Waals surface area contributed by atoms with Crippen molar-refractivity contribution in [2.75, 3.05) is 0 Å². The van der Waals surface area contributed by atoms with Crippen molar-refractivity contribution in [1.29, 1.82) is 0 Å². The molecule has 4 aromatic heterocycles. The molecule has 226 valence electrons. The summed E-state index contributed by atoms with van der Waals surface area (Å²) in [6.45, 7) is 4.78. The van der Waals surface area contributed by atoms with Crippen molar-refractivity contribution >= 4 is 43.4 Å². The topological polar surface area (TPSA) is 43.6 Å². The minimum Gasteiger partial charge on any atom is -0.309 e. The first-order valence-corrected chi connectivity index (χ1v) is 16.5. The normalized spacial score (nSPS) is 13.4. The van der Waals surface area contributed by atoms with Crippen LogP contribution in [0.1, 0.15) is 25.0 Å². The number of para-hydroxylation sites is 1.